The van der Waals surface area contributed by atoms with E-state index in [2.05, 4.69) is 5.16 Å². The summed E-state index contributed by atoms with van der Waals surface area (Å²) in [5.74, 6) is 0.772. The lowest BCUT2D eigenvalue weighted by Crippen LogP contribution is -1.96. The Morgan fingerprint density at radius 3 is 2.25 bits per heavy atom. The fourth-order valence-electron chi connectivity index (χ4n) is 1.80. The van der Waals surface area contributed by atoms with E-state index in [9.17, 15) is 0 Å². The van der Waals surface area contributed by atoms with E-state index in [0.29, 0.717) is 5.71 Å². The molecule has 0 saturated heterocycles. The van der Waals surface area contributed by atoms with Gasteiger partial charge in [0.15, 0.2) is 0 Å². The first-order valence-corrected chi connectivity index (χ1v) is 6.34. The van der Waals surface area contributed by atoms with Crippen LogP contribution in [0.2, 0.25) is 0 Å². The van der Waals surface area contributed by atoms with Gasteiger partial charge in [-0.15, -0.1) is 0 Å². The second kappa shape index (κ2) is 6.57. The number of oxime groups is 1. The standard InChI is InChI=1S/C17H17NO2/c1-13-3-5-14(6-4-13)7-12-17(18-19)15-8-10-16(20-2)11-9-15/h3-12,19H,1-2H3/b12-7+,18-17-. The molecule has 0 saturated carbocycles. The monoisotopic (exact) mass is 267 g/mol. The number of nitrogens with zero attached hydrogens (tertiary/aromatic N) is 1. The van der Waals surface area contributed by atoms with Gasteiger partial charge >= 0.3 is 0 Å². The van der Waals surface area contributed by atoms with E-state index in [1.54, 1.807) is 13.2 Å². The van der Waals surface area contributed by atoms with Crippen molar-refractivity contribution in [1.29, 1.82) is 0 Å². The lowest BCUT2D eigenvalue weighted by Gasteiger charge is -2.02. The molecular formula is C17H17NO2. The zero-order chi connectivity index (χ0) is 14.4. The molecular weight excluding hydrogens is 250 g/mol. The van der Waals surface area contributed by atoms with Gasteiger partial charge in [0.05, 0.1) is 7.11 Å². The Morgan fingerprint density at radius 1 is 1.05 bits per heavy atom. The summed E-state index contributed by atoms with van der Waals surface area (Å²) in [5.41, 5.74) is 3.61. The number of benzene rings is 2. The molecule has 2 aromatic carbocycles. The first kappa shape index (κ1) is 13.9. The Labute approximate surface area is 118 Å². The molecule has 2 rings (SSSR count). The summed E-state index contributed by atoms with van der Waals surface area (Å²) in [5, 5.41) is 12.5. The minimum absolute atomic E-state index is 0.508. The molecule has 0 atom stereocenters. The van der Waals surface area contributed by atoms with Gasteiger partial charge in [-0.05, 0) is 42.8 Å². The van der Waals surface area contributed by atoms with E-state index >= 15 is 0 Å². The summed E-state index contributed by atoms with van der Waals surface area (Å²) in [4.78, 5) is 0. The van der Waals surface area contributed by atoms with Gasteiger partial charge in [0, 0.05) is 5.56 Å². The maximum absolute atomic E-state index is 9.13. The minimum Gasteiger partial charge on any atom is -0.497 e. The Bertz CT molecular complexity index is 610. The number of ether oxygens (including phenoxy) is 1. The molecule has 0 amide bonds. The topological polar surface area (TPSA) is 41.8 Å². The van der Waals surface area contributed by atoms with Gasteiger partial charge in [0.1, 0.15) is 11.5 Å². The maximum atomic E-state index is 9.13. The van der Waals surface area contributed by atoms with Gasteiger partial charge in [-0.25, -0.2) is 0 Å². The molecule has 0 spiro atoms. The van der Waals surface area contributed by atoms with Gasteiger partial charge in [0.25, 0.3) is 0 Å². The van der Waals surface area contributed by atoms with Crippen molar-refractivity contribution in [2.24, 2.45) is 5.16 Å². The zero-order valence-electron chi connectivity index (χ0n) is 11.6. The van der Waals surface area contributed by atoms with Crippen LogP contribution < -0.4 is 4.74 Å². The second-order valence-corrected chi connectivity index (χ2v) is 4.46. The van der Waals surface area contributed by atoms with Crippen LogP contribution in [0.5, 0.6) is 5.75 Å². The van der Waals surface area contributed by atoms with Crippen LogP contribution in [0.25, 0.3) is 6.08 Å². The predicted octanol–water partition coefficient (Wildman–Crippen LogP) is 3.90. The SMILES string of the molecule is COc1ccc(C(/C=C/c2ccc(C)cc2)=N\O)cc1. The van der Waals surface area contributed by atoms with E-state index in [1.165, 1.54) is 5.56 Å². The minimum atomic E-state index is 0.508. The van der Waals surface area contributed by atoms with E-state index in [-0.39, 0.29) is 0 Å². The second-order valence-electron chi connectivity index (χ2n) is 4.46. The molecule has 0 heterocycles. The summed E-state index contributed by atoms with van der Waals surface area (Å²) < 4.78 is 5.10. The summed E-state index contributed by atoms with van der Waals surface area (Å²) in [6, 6.07) is 15.5. The average Bonchev–Trinajstić information content (AvgIpc) is 2.50. The predicted molar refractivity (Wildman–Crippen MR) is 81.5 cm³/mol. The third-order valence-electron chi connectivity index (χ3n) is 3.00. The highest BCUT2D eigenvalue weighted by molar-refractivity contribution is 6.10. The molecule has 0 aliphatic heterocycles. The number of rotatable bonds is 4. The summed E-state index contributed by atoms with van der Waals surface area (Å²) >= 11 is 0. The molecule has 3 heteroatoms. The van der Waals surface area contributed by atoms with Crippen LogP contribution in [0.3, 0.4) is 0 Å². The number of hydrogen-bond donors (Lipinski definition) is 1. The summed E-state index contributed by atoms with van der Waals surface area (Å²) in [6.45, 7) is 2.05. The molecule has 2 aromatic rings. The fraction of sp³-hybridized carbons (Fsp3) is 0.118. The zero-order valence-corrected chi connectivity index (χ0v) is 11.6. The van der Waals surface area contributed by atoms with Crippen LogP contribution in [0, 0.1) is 6.92 Å². The van der Waals surface area contributed by atoms with Crippen molar-refractivity contribution in [3.63, 3.8) is 0 Å². The third kappa shape index (κ3) is 3.48. The van der Waals surface area contributed by atoms with Crippen molar-refractivity contribution < 1.29 is 9.94 Å². The Balaban J connectivity index is 2.18. The molecule has 0 aliphatic carbocycles. The largest absolute Gasteiger partial charge is 0.497 e. The Kier molecular flexibility index (Phi) is 4.56. The molecule has 0 aromatic heterocycles. The highest BCUT2D eigenvalue weighted by Crippen LogP contribution is 2.13. The van der Waals surface area contributed by atoms with E-state index < -0.39 is 0 Å². The molecule has 0 radical (unpaired) electrons. The molecule has 102 valence electrons. The van der Waals surface area contributed by atoms with Crippen LogP contribution in [0.15, 0.2) is 59.8 Å². The van der Waals surface area contributed by atoms with Crippen molar-refractivity contribution in [3.8, 4) is 5.75 Å². The molecule has 0 bridgehead atoms. The van der Waals surface area contributed by atoms with Gasteiger partial charge in [-0.3, -0.25) is 0 Å². The van der Waals surface area contributed by atoms with Crippen LogP contribution in [0.1, 0.15) is 16.7 Å². The molecule has 0 aliphatic rings. The van der Waals surface area contributed by atoms with Crippen molar-refractivity contribution >= 4 is 11.8 Å². The van der Waals surface area contributed by atoms with Gasteiger partial charge in [0.2, 0.25) is 0 Å². The molecule has 20 heavy (non-hydrogen) atoms. The van der Waals surface area contributed by atoms with E-state index in [4.69, 9.17) is 9.94 Å². The number of hydrogen-bond acceptors (Lipinski definition) is 3. The van der Waals surface area contributed by atoms with Crippen LogP contribution in [-0.4, -0.2) is 18.0 Å². The van der Waals surface area contributed by atoms with Gasteiger partial charge < -0.3 is 9.94 Å². The lowest BCUT2D eigenvalue weighted by atomic mass is 10.1. The van der Waals surface area contributed by atoms with Crippen molar-refractivity contribution in [2.75, 3.05) is 7.11 Å². The highest BCUT2D eigenvalue weighted by Gasteiger charge is 2.01. The molecule has 0 fully saturated rings. The van der Waals surface area contributed by atoms with Crippen molar-refractivity contribution in [1.82, 2.24) is 0 Å². The quantitative estimate of drug-likeness (QED) is 0.518. The summed E-state index contributed by atoms with van der Waals surface area (Å²) in [6.07, 6.45) is 3.70. The Hall–Kier alpha value is -2.55. The van der Waals surface area contributed by atoms with Crippen LogP contribution in [-0.2, 0) is 0 Å². The number of methoxy groups -OCH3 is 1. The van der Waals surface area contributed by atoms with E-state index in [1.807, 2.05) is 61.5 Å². The van der Waals surface area contributed by atoms with E-state index in [0.717, 1.165) is 16.9 Å². The normalized spacial score (nSPS) is 11.8. The third-order valence-corrected chi connectivity index (χ3v) is 3.00. The number of aryl methyl sites for hydroxylation is 1. The first-order valence-electron chi connectivity index (χ1n) is 6.34. The van der Waals surface area contributed by atoms with Crippen LogP contribution in [0.4, 0.5) is 0 Å². The van der Waals surface area contributed by atoms with Crippen molar-refractivity contribution in [2.45, 2.75) is 6.92 Å². The Morgan fingerprint density at radius 2 is 1.70 bits per heavy atom. The molecule has 3 nitrogen and oxygen atoms in total. The molecule has 0 unspecified atom stereocenters. The van der Waals surface area contributed by atoms with Gasteiger partial charge in [-0.2, -0.15) is 0 Å². The van der Waals surface area contributed by atoms with Crippen LogP contribution >= 0.6 is 0 Å². The molecule has 1 N–H and O–H groups in total. The van der Waals surface area contributed by atoms with Crippen molar-refractivity contribution in [3.05, 3.63) is 71.3 Å². The number of allylic oxidation sites excluding steroid dienone is 1. The summed E-state index contributed by atoms with van der Waals surface area (Å²) in [7, 11) is 1.62. The smallest absolute Gasteiger partial charge is 0.118 e. The maximum Gasteiger partial charge on any atom is 0.118 e. The highest BCUT2D eigenvalue weighted by atomic mass is 16.5. The average molecular weight is 267 g/mol. The first-order chi connectivity index (χ1) is 9.72. The lowest BCUT2D eigenvalue weighted by molar-refractivity contribution is 0.320. The van der Waals surface area contributed by atoms with Gasteiger partial charge in [-0.1, -0.05) is 41.1 Å². The fourth-order valence-corrected chi connectivity index (χ4v) is 1.80.